The van der Waals surface area contributed by atoms with Crippen molar-refractivity contribution in [3.8, 4) is 5.75 Å². The van der Waals surface area contributed by atoms with Crippen LogP contribution in [0.5, 0.6) is 5.75 Å². The first-order valence-corrected chi connectivity index (χ1v) is 9.56. The highest BCUT2D eigenvalue weighted by Gasteiger charge is 2.26. The van der Waals surface area contributed by atoms with E-state index in [9.17, 15) is 4.79 Å². The number of ether oxygens (including phenoxy) is 1. The maximum absolute atomic E-state index is 13.4. The molecule has 27 heavy (non-hydrogen) atoms. The summed E-state index contributed by atoms with van der Waals surface area (Å²) in [6.45, 7) is 0.470. The molecule has 0 fully saturated rings. The molecule has 0 bridgehead atoms. The number of amides is 1. The molecule has 3 aromatic carbocycles. The molecular formula is C23H22BrNO2. The maximum Gasteiger partial charge on any atom is 0.234 e. The van der Waals surface area contributed by atoms with Gasteiger partial charge in [-0.1, -0.05) is 76.6 Å². The van der Waals surface area contributed by atoms with Crippen molar-refractivity contribution in [2.75, 3.05) is 14.2 Å². The molecular weight excluding hydrogens is 402 g/mol. The van der Waals surface area contributed by atoms with Crippen LogP contribution in [0.4, 0.5) is 0 Å². The summed E-state index contributed by atoms with van der Waals surface area (Å²) in [4.78, 5) is 15.2. The van der Waals surface area contributed by atoms with E-state index in [4.69, 9.17) is 4.74 Å². The van der Waals surface area contributed by atoms with Gasteiger partial charge in [-0.2, -0.15) is 0 Å². The Morgan fingerprint density at radius 1 is 0.963 bits per heavy atom. The Kier molecular flexibility index (Phi) is 6.30. The van der Waals surface area contributed by atoms with Crippen LogP contribution >= 0.6 is 15.9 Å². The number of hydrogen-bond donors (Lipinski definition) is 0. The Morgan fingerprint density at radius 3 is 2.04 bits per heavy atom. The van der Waals surface area contributed by atoms with Crippen molar-refractivity contribution in [2.45, 2.75) is 12.5 Å². The maximum atomic E-state index is 13.4. The van der Waals surface area contributed by atoms with Gasteiger partial charge in [0.25, 0.3) is 0 Å². The molecule has 0 radical (unpaired) electrons. The molecule has 4 heteroatoms. The largest absolute Gasteiger partial charge is 0.496 e. The number of nitrogens with zero attached hydrogens (tertiary/aromatic N) is 1. The quantitative estimate of drug-likeness (QED) is 0.541. The minimum absolute atomic E-state index is 0.0504. The normalized spacial score (nSPS) is 10.7. The third-order valence-electron chi connectivity index (χ3n) is 4.54. The molecule has 0 atom stereocenters. The van der Waals surface area contributed by atoms with Crippen LogP contribution < -0.4 is 4.74 Å². The highest BCUT2D eigenvalue weighted by molar-refractivity contribution is 9.10. The Morgan fingerprint density at radius 2 is 1.52 bits per heavy atom. The van der Waals surface area contributed by atoms with E-state index in [2.05, 4.69) is 15.9 Å². The summed E-state index contributed by atoms with van der Waals surface area (Å²) in [5, 5.41) is 0. The van der Waals surface area contributed by atoms with Crippen molar-refractivity contribution in [1.29, 1.82) is 0 Å². The second-order valence-corrected chi connectivity index (χ2v) is 7.32. The number of likely N-dealkylation sites (N-methyl/N-ethyl adjacent to an activating group) is 1. The van der Waals surface area contributed by atoms with Crippen LogP contribution in [0.1, 0.15) is 22.6 Å². The molecule has 0 unspecified atom stereocenters. The number of methoxy groups -OCH3 is 1. The van der Waals surface area contributed by atoms with Gasteiger partial charge in [0.1, 0.15) is 5.75 Å². The van der Waals surface area contributed by atoms with E-state index < -0.39 is 0 Å². The topological polar surface area (TPSA) is 29.5 Å². The SMILES string of the molecule is COc1ccc(Br)cc1CN(C)C(=O)C(c1ccccc1)c1ccccc1. The second-order valence-electron chi connectivity index (χ2n) is 6.40. The van der Waals surface area contributed by atoms with E-state index in [1.165, 1.54) is 0 Å². The first kappa shape index (κ1) is 19.2. The van der Waals surface area contributed by atoms with Gasteiger partial charge in [0.15, 0.2) is 0 Å². The molecule has 0 N–H and O–H groups in total. The smallest absolute Gasteiger partial charge is 0.234 e. The lowest BCUT2D eigenvalue weighted by Crippen LogP contribution is -2.32. The van der Waals surface area contributed by atoms with Gasteiger partial charge in [-0.15, -0.1) is 0 Å². The van der Waals surface area contributed by atoms with E-state index in [1.54, 1.807) is 12.0 Å². The lowest BCUT2D eigenvalue weighted by Gasteiger charge is -2.25. The van der Waals surface area contributed by atoms with Gasteiger partial charge >= 0.3 is 0 Å². The van der Waals surface area contributed by atoms with Crippen molar-refractivity contribution in [2.24, 2.45) is 0 Å². The molecule has 0 heterocycles. The van der Waals surface area contributed by atoms with Crippen molar-refractivity contribution < 1.29 is 9.53 Å². The van der Waals surface area contributed by atoms with Crippen molar-refractivity contribution in [1.82, 2.24) is 4.90 Å². The average Bonchev–Trinajstić information content (AvgIpc) is 2.70. The number of hydrogen-bond acceptors (Lipinski definition) is 2. The van der Waals surface area contributed by atoms with E-state index in [-0.39, 0.29) is 11.8 Å². The van der Waals surface area contributed by atoms with Gasteiger partial charge in [0, 0.05) is 23.6 Å². The fourth-order valence-electron chi connectivity index (χ4n) is 3.19. The van der Waals surface area contributed by atoms with E-state index in [1.807, 2.05) is 85.9 Å². The predicted molar refractivity (Wildman–Crippen MR) is 112 cm³/mol. The first-order valence-electron chi connectivity index (χ1n) is 8.77. The molecule has 138 valence electrons. The molecule has 0 saturated heterocycles. The molecule has 0 aliphatic rings. The van der Waals surface area contributed by atoms with Gasteiger partial charge < -0.3 is 9.64 Å². The third-order valence-corrected chi connectivity index (χ3v) is 5.03. The zero-order valence-electron chi connectivity index (χ0n) is 15.4. The molecule has 3 aromatic rings. The van der Waals surface area contributed by atoms with Gasteiger partial charge in [0.05, 0.1) is 13.0 Å². The van der Waals surface area contributed by atoms with Gasteiger partial charge in [-0.25, -0.2) is 0 Å². The van der Waals surface area contributed by atoms with Crippen LogP contribution in [-0.2, 0) is 11.3 Å². The zero-order valence-corrected chi connectivity index (χ0v) is 17.0. The number of rotatable bonds is 6. The Hall–Kier alpha value is -2.59. The van der Waals surface area contributed by atoms with Crippen LogP contribution in [0.3, 0.4) is 0 Å². The minimum atomic E-state index is -0.337. The van der Waals surface area contributed by atoms with Gasteiger partial charge in [-0.3, -0.25) is 4.79 Å². The highest BCUT2D eigenvalue weighted by Crippen LogP contribution is 2.29. The standard InChI is InChI=1S/C23H22BrNO2/c1-25(16-19-15-20(24)13-14-21(19)27-2)23(26)22(17-9-5-3-6-10-17)18-11-7-4-8-12-18/h3-15,22H,16H2,1-2H3. The summed E-state index contributed by atoms with van der Waals surface area (Å²) in [6, 6.07) is 25.6. The van der Waals surface area contributed by atoms with E-state index in [0.717, 1.165) is 26.9 Å². The summed E-state index contributed by atoms with van der Waals surface area (Å²) < 4.78 is 6.41. The summed E-state index contributed by atoms with van der Waals surface area (Å²) in [7, 11) is 3.48. The lowest BCUT2D eigenvalue weighted by atomic mass is 9.90. The third kappa shape index (κ3) is 4.58. The van der Waals surface area contributed by atoms with Crippen molar-refractivity contribution in [3.05, 3.63) is 100 Å². The predicted octanol–water partition coefficient (Wildman–Crippen LogP) is 5.25. The summed E-state index contributed by atoms with van der Waals surface area (Å²) in [5.41, 5.74) is 2.94. The van der Waals surface area contributed by atoms with Crippen LogP contribution in [0.15, 0.2) is 83.3 Å². The zero-order chi connectivity index (χ0) is 19.2. The van der Waals surface area contributed by atoms with E-state index >= 15 is 0 Å². The number of halogens is 1. The van der Waals surface area contributed by atoms with Crippen LogP contribution in [-0.4, -0.2) is 25.0 Å². The Balaban J connectivity index is 1.91. The van der Waals surface area contributed by atoms with Crippen LogP contribution in [0.25, 0.3) is 0 Å². The Labute approximate surface area is 168 Å². The number of benzene rings is 3. The molecule has 0 saturated carbocycles. The fourth-order valence-corrected chi connectivity index (χ4v) is 3.60. The number of carbonyl (C=O) groups is 1. The van der Waals surface area contributed by atoms with E-state index in [0.29, 0.717) is 6.54 Å². The first-order chi connectivity index (χ1) is 13.1. The molecule has 0 spiro atoms. The second kappa shape index (κ2) is 8.87. The molecule has 0 aliphatic heterocycles. The fraction of sp³-hybridized carbons (Fsp3) is 0.174. The molecule has 0 aromatic heterocycles. The van der Waals surface area contributed by atoms with Gasteiger partial charge in [0.2, 0.25) is 5.91 Å². The molecule has 3 nitrogen and oxygen atoms in total. The monoisotopic (exact) mass is 423 g/mol. The summed E-state index contributed by atoms with van der Waals surface area (Å²) in [6.07, 6.45) is 0. The number of carbonyl (C=O) groups excluding carboxylic acids is 1. The average molecular weight is 424 g/mol. The van der Waals surface area contributed by atoms with Crippen LogP contribution in [0.2, 0.25) is 0 Å². The molecule has 3 rings (SSSR count). The van der Waals surface area contributed by atoms with Gasteiger partial charge in [-0.05, 0) is 29.3 Å². The summed E-state index contributed by atoms with van der Waals surface area (Å²) >= 11 is 3.50. The molecule has 0 aliphatic carbocycles. The Bertz CT molecular complexity index is 857. The lowest BCUT2D eigenvalue weighted by molar-refractivity contribution is -0.131. The highest BCUT2D eigenvalue weighted by atomic mass is 79.9. The summed E-state index contributed by atoms with van der Waals surface area (Å²) in [5.74, 6) is 0.485. The minimum Gasteiger partial charge on any atom is -0.496 e. The van der Waals surface area contributed by atoms with Crippen molar-refractivity contribution >= 4 is 21.8 Å². The van der Waals surface area contributed by atoms with Crippen molar-refractivity contribution in [3.63, 3.8) is 0 Å². The van der Waals surface area contributed by atoms with Crippen LogP contribution in [0, 0.1) is 0 Å². The molecule has 1 amide bonds.